The molecule has 14 heavy (non-hydrogen) atoms. The van der Waals surface area contributed by atoms with E-state index >= 15 is 0 Å². The molecule has 0 unspecified atom stereocenters. The number of anilines is 1. The van der Waals surface area contributed by atoms with Crippen LogP contribution in [0.3, 0.4) is 0 Å². The molecule has 1 heterocycles. The van der Waals surface area contributed by atoms with Crippen molar-refractivity contribution in [2.75, 3.05) is 5.73 Å². The van der Waals surface area contributed by atoms with E-state index in [-0.39, 0.29) is 5.78 Å². The van der Waals surface area contributed by atoms with Crippen molar-refractivity contribution in [3.8, 4) is 0 Å². The summed E-state index contributed by atoms with van der Waals surface area (Å²) in [7, 11) is 0. The van der Waals surface area contributed by atoms with Crippen LogP contribution in [0.5, 0.6) is 0 Å². The molecule has 0 aliphatic heterocycles. The fraction of sp³-hybridized carbons (Fsp3) is 0.455. The maximum Gasteiger partial charge on any atom is 0.137 e. The molecule has 0 bridgehead atoms. The van der Waals surface area contributed by atoms with E-state index in [4.69, 9.17) is 5.73 Å². The number of aromatic nitrogens is 1. The lowest BCUT2D eigenvalue weighted by Crippen LogP contribution is -2.06. The first-order valence-electron chi connectivity index (χ1n) is 4.96. The summed E-state index contributed by atoms with van der Waals surface area (Å²) in [5.41, 5.74) is 7.25. The number of Topliss-reactive ketones (excluding diaryl/α,β-unsaturated/α-hetero) is 1. The van der Waals surface area contributed by atoms with Crippen molar-refractivity contribution in [2.24, 2.45) is 5.92 Å². The van der Waals surface area contributed by atoms with Gasteiger partial charge < -0.3 is 5.73 Å². The predicted octanol–water partition coefficient (Wildman–Crippen LogP) is 1.58. The van der Waals surface area contributed by atoms with E-state index in [1.807, 2.05) is 0 Å². The van der Waals surface area contributed by atoms with E-state index in [0.29, 0.717) is 24.4 Å². The summed E-state index contributed by atoms with van der Waals surface area (Å²) in [5, 5.41) is 0. The Morgan fingerprint density at radius 3 is 3.00 bits per heavy atom. The molecule has 0 atom stereocenters. The lowest BCUT2D eigenvalue weighted by Gasteiger charge is -2.02. The monoisotopic (exact) mass is 190 g/mol. The summed E-state index contributed by atoms with van der Waals surface area (Å²) in [5.74, 6) is 0.938. The highest BCUT2D eigenvalue weighted by Crippen LogP contribution is 2.32. The second kappa shape index (κ2) is 3.78. The lowest BCUT2D eigenvalue weighted by molar-refractivity contribution is -0.118. The Morgan fingerprint density at radius 2 is 2.36 bits per heavy atom. The molecule has 2 N–H and O–H groups in total. The van der Waals surface area contributed by atoms with Gasteiger partial charge >= 0.3 is 0 Å². The highest BCUT2D eigenvalue weighted by Gasteiger charge is 2.24. The number of ketones is 1. The molecule has 1 saturated carbocycles. The first-order valence-corrected chi connectivity index (χ1v) is 4.96. The Labute approximate surface area is 83.3 Å². The van der Waals surface area contributed by atoms with Crippen LogP contribution in [0.25, 0.3) is 0 Å². The highest BCUT2D eigenvalue weighted by molar-refractivity contribution is 5.82. The number of nitrogens with two attached hydrogens (primary N) is 1. The zero-order valence-corrected chi connectivity index (χ0v) is 8.07. The number of carbonyl (C=O) groups excluding carboxylic acids is 1. The Balaban J connectivity index is 1.95. The summed E-state index contributed by atoms with van der Waals surface area (Å²) in [6.45, 7) is 0. The molecular weight excluding hydrogens is 176 g/mol. The second-order valence-electron chi connectivity index (χ2n) is 3.94. The van der Waals surface area contributed by atoms with Gasteiger partial charge in [-0.1, -0.05) is 0 Å². The summed E-state index contributed by atoms with van der Waals surface area (Å²) in [6, 6.07) is 1.74. The molecule has 0 aromatic carbocycles. The topological polar surface area (TPSA) is 56.0 Å². The van der Waals surface area contributed by atoms with Gasteiger partial charge in [0.15, 0.2) is 0 Å². The molecule has 0 saturated heterocycles. The molecule has 3 heteroatoms. The average molecular weight is 190 g/mol. The molecule has 74 valence electrons. The van der Waals surface area contributed by atoms with Crippen LogP contribution in [0.2, 0.25) is 0 Å². The predicted molar refractivity (Wildman–Crippen MR) is 54.7 cm³/mol. The number of nitrogen functional groups attached to an aromatic ring is 1. The van der Waals surface area contributed by atoms with Gasteiger partial charge in [0.1, 0.15) is 5.78 Å². The number of hydrogen-bond donors (Lipinski definition) is 1. The van der Waals surface area contributed by atoms with Crippen molar-refractivity contribution >= 4 is 11.5 Å². The van der Waals surface area contributed by atoms with E-state index in [1.165, 1.54) is 12.8 Å². The van der Waals surface area contributed by atoms with Gasteiger partial charge in [-0.05, 0) is 24.8 Å². The summed E-state index contributed by atoms with van der Waals surface area (Å²) in [4.78, 5) is 15.5. The summed E-state index contributed by atoms with van der Waals surface area (Å²) in [6.07, 6.45) is 6.91. The molecule has 1 aliphatic rings. The molecule has 1 aromatic rings. The van der Waals surface area contributed by atoms with Crippen LogP contribution in [0.4, 0.5) is 5.69 Å². The largest absolute Gasteiger partial charge is 0.398 e. The van der Waals surface area contributed by atoms with Crippen LogP contribution in [0.15, 0.2) is 18.5 Å². The third-order valence-corrected chi connectivity index (χ3v) is 2.54. The lowest BCUT2D eigenvalue weighted by atomic mass is 10.1. The molecule has 0 amide bonds. The fourth-order valence-electron chi connectivity index (χ4n) is 1.51. The van der Waals surface area contributed by atoms with Crippen LogP contribution >= 0.6 is 0 Å². The minimum Gasteiger partial charge on any atom is -0.398 e. The molecule has 1 aliphatic carbocycles. The van der Waals surface area contributed by atoms with Crippen molar-refractivity contribution in [1.29, 1.82) is 0 Å². The standard InChI is InChI=1S/C11H14N2O/c12-11-3-4-13-7-9(11)6-10(14)5-8-1-2-8/h3-4,7-8H,1-2,5-6H2,(H2,12,13). The van der Waals surface area contributed by atoms with Gasteiger partial charge in [-0.15, -0.1) is 0 Å². The molecule has 2 rings (SSSR count). The molecule has 1 fully saturated rings. The Bertz CT molecular complexity index is 345. The van der Waals surface area contributed by atoms with Crippen LogP contribution < -0.4 is 5.73 Å². The third-order valence-electron chi connectivity index (χ3n) is 2.54. The van der Waals surface area contributed by atoms with E-state index in [2.05, 4.69) is 4.98 Å². The second-order valence-corrected chi connectivity index (χ2v) is 3.94. The fourth-order valence-corrected chi connectivity index (χ4v) is 1.51. The first-order chi connectivity index (χ1) is 6.75. The van der Waals surface area contributed by atoms with Crippen LogP contribution in [-0.2, 0) is 11.2 Å². The molecule has 0 spiro atoms. The van der Waals surface area contributed by atoms with E-state index in [0.717, 1.165) is 5.56 Å². The molecule has 0 radical (unpaired) electrons. The Kier molecular flexibility index (Phi) is 2.48. The third kappa shape index (κ3) is 2.31. The van der Waals surface area contributed by atoms with E-state index in [9.17, 15) is 4.79 Å². The smallest absolute Gasteiger partial charge is 0.137 e. The van der Waals surface area contributed by atoms with Crippen LogP contribution in [0.1, 0.15) is 24.8 Å². The van der Waals surface area contributed by atoms with Crippen molar-refractivity contribution in [2.45, 2.75) is 25.7 Å². The van der Waals surface area contributed by atoms with Crippen molar-refractivity contribution < 1.29 is 4.79 Å². The summed E-state index contributed by atoms with van der Waals surface area (Å²) < 4.78 is 0. The van der Waals surface area contributed by atoms with Gasteiger partial charge in [0.25, 0.3) is 0 Å². The maximum atomic E-state index is 11.5. The number of pyridine rings is 1. The maximum absolute atomic E-state index is 11.5. The van der Waals surface area contributed by atoms with E-state index < -0.39 is 0 Å². The molecule has 1 aromatic heterocycles. The quantitative estimate of drug-likeness (QED) is 0.784. The number of hydrogen-bond acceptors (Lipinski definition) is 3. The molecule has 3 nitrogen and oxygen atoms in total. The minimum absolute atomic E-state index is 0.284. The van der Waals surface area contributed by atoms with Crippen molar-refractivity contribution in [3.63, 3.8) is 0 Å². The Morgan fingerprint density at radius 1 is 1.57 bits per heavy atom. The first kappa shape index (κ1) is 9.19. The van der Waals surface area contributed by atoms with E-state index in [1.54, 1.807) is 18.5 Å². The van der Waals surface area contributed by atoms with Gasteiger partial charge in [-0.2, -0.15) is 0 Å². The molecular formula is C11H14N2O. The van der Waals surface area contributed by atoms with Gasteiger partial charge in [-0.3, -0.25) is 9.78 Å². The number of rotatable bonds is 4. The number of nitrogens with zero attached hydrogens (tertiary/aromatic N) is 1. The number of carbonyl (C=O) groups is 1. The van der Waals surface area contributed by atoms with Gasteiger partial charge in [0.05, 0.1) is 0 Å². The van der Waals surface area contributed by atoms with Crippen LogP contribution in [-0.4, -0.2) is 10.8 Å². The van der Waals surface area contributed by atoms with Crippen molar-refractivity contribution in [1.82, 2.24) is 4.98 Å². The Hall–Kier alpha value is -1.38. The van der Waals surface area contributed by atoms with Gasteiger partial charge in [0, 0.05) is 36.5 Å². The van der Waals surface area contributed by atoms with Crippen LogP contribution in [0, 0.1) is 5.92 Å². The summed E-state index contributed by atoms with van der Waals surface area (Å²) >= 11 is 0. The highest BCUT2D eigenvalue weighted by atomic mass is 16.1. The van der Waals surface area contributed by atoms with Crippen molar-refractivity contribution in [3.05, 3.63) is 24.0 Å². The minimum atomic E-state index is 0.284. The average Bonchev–Trinajstić information content (AvgIpc) is 2.93. The zero-order valence-electron chi connectivity index (χ0n) is 8.07. The SMILES string of the molecule is Nc1ccncc1CC(=O)CC1CC1. The van der Waals surface area contributed by atoms with Gasteiger partial charge in [0.2, 0.25) is 0 Å². The van der Waals surface area contributed by atoms with Gasteiger partial charge in [-0.25, -0.2) is 0 Å². The normalized spacial score (nSPS) is 15.4. The zero-order chi connectivity index (χ0) is 9.97.